The van der Waals surface area contributed by atoms with E-state index in [-0.39, 0.29) is 0 Å². The minimum atomic E-state index is -3.32. The van der Waals surface area contributed by atoms with E-state index in [2.05, 4.69) is 132 Å². The van der Waals surface area contributed by atoms with Crippen molar-refractivity contribution in [1.29, 1.82) is 0 Å². The summed E-state index contributed by atoms with van der Waals surface area (Å²) in [4.78, 5) is 0. The zero-order chi connectivity index (χ0) is 21.9. The van der Waals surface area contributed by atoms with Crippen molar-refractivity contribution < 1.29 is 0 Å². The van der Waals surface area contributed by atoms with Gasteiger partial charge < -0.3 is 0 Å². The SMILES string of the molecule is ClP(Cc1cccc(-c2ccsc2)c1)(c1ccccc1)(c1ccccc1)c1ccccc1. The molecule has 0 aliphatic heterocycles. The van der Waals surface area contributed by atoms with Crippen LogP contribution in [-0.2, 0) is 6.16 Å². The molecule has 0 aliphatic carbocycles. The Balaban J connectivity index is 1.79. The van der Waals surface area contributed by atoms with E-state index >= 15 is 0 Å². The summed E-state index contributed by atoms with van der Waals surface area (Å²) >= 11 is 9.94. The summed E-state index contributed by atoms with van der Waals surface area (Å²) in [5.74, 6) is -3.32. The second kappa shape index (κ2) is 8.68. The van der Waals surface area contributed by atoms with Gasteiger partial charge in [0.05, 0.1) is 0 Å². The topological polar surface area (TPSA) is 0 Å². The van der Waals surface area contributed by atoms with E-state index in [0.717, 1.165) is 6.16 Å². The van der Waals surface area contributed by atoms with Crippen molar-refractivity contribution in [2.24, 2.45) is 0 Å². The number of benzene rings is 4. The molecule has 0 N–H and O–H groups in total. The molecule has 0 unspecified atom stereocenters. The average molecular weight is 471 g/mol. The Bertz CT molecular complexity index is 1200. The number of halogens is 1. The molecule has 158 valence electrons. The summed E-state index contributed by atoms with van der Waals surface area (Å²) in [7, 11) is 0. The van der Waals surface area contributed by atoms with Crippen LogP contribution in [-0.4, -0.2) is 0 Å². The van der Waals surface area contributed by atoms with Gasteiger partial charge in [-0.15, -0.1) is 0 Å². The Labute approximate surface area is 198 Å². The number of hydrogen-bond donors (Lipinski definition) is 0. The van der Waals surface area contributed by atoms with E-state index < -0.39 is 5.96 Å². The molecule has 0 fully saturated rings. The predicted octanol–water partition coefficient (Wildman–Crippen LogP) is 7.60. The van der Waals surface area contributed by atoms with Gasteiger partial charge in [-0.1, -0.05) is 0 Å². The number of thiophene rings is 1. The molecule has 32 heavy (non-hydrogen) atoms. The van der Waals surface area contributed by atoms with Crippen molar-refractivity contribution >= 4 is 44.4 Å². The third kappa shape index (κ3) is 3.61. The first-order chi connectivity index (χ1) is 15.7. The van der Waals surface area contributed by atoms with Crippen LogP contribution in [0.4, 0.5) is 0 Å². The van der Waals surface area contributed by atoms with Crippen LogP contribution in [0.15, 0.2) is 132 Å². The monoisotopic (exact) mass is 470 g/mol. The van der Waals surface area contributed by atoms with Crippen LogP contribution < -0.4 is 15.9 Å². The first kappa shape index (κ1) is 21.2. The molecule has 0 saturated carbocycles. The van der Waals surface area contributed by atoms with Gasteiger partial charge in [0.25, 0.3) is 0 Å². The fourth-order valence-electron chi connectivity index (χ4n) is 4.56. The second-order valence-electron chi connectivity index (χ2n) is 8.06. The van der Waals surface area contributed by atoms with Gasteiger partial charge in [0.2, 0.25) is 0 Å². The molecular weight excluding hydrogens is 447 g/mol. The Hall–Kier alpha value is -2.70. The van der Waals surface area contributed by atoms with Crippen LogP contribution in [0.1, 0.15) is 5.56 Å². The van der Waals surface area contributed by atoms with Crippen LogP contribution >= 0.6 is 28.5 Å². The van der Waals surface area contributed by atoms with Crippen molar-refractivity contribution in [3.63, 3.8) is 0 Å². The van der Waals surface area contributed by atoms with E-state index in [1.807, 2.05) is 0 Å². The molecule has 0 nitrogen and oxygen atoms in total. The van der Waals surface area contributed by atoms with E-state index in [1.165, 1.54) is 32.6 Å². The van der Waals surface area contributed by atoms with Gasteiger partial charge in [0.15, 0.2) is 0 Å². The van der Waals surface area contributed by atoms with Gasteiger partial charge >= 0.3 is 199 Å². The predicted molar refractivity (Wildman–Crippen MR) is 144 cm³/mol. The molecule has 1 aromatic heterocycles. The molecule has 5 aromatic rings. The summed E-state index contributed by atoms with van der Waals surface area (Å²) in [6, 6.07) is 43.1. The quantitative estimate of drug-likeness (QED) is 0.224. The number of hydrogen-bond acceptors (Lipinski definition) is 1. The third-order valence-corrected chi connectivity index (χ3v) is 14.0. The summed E-state index contributed by atoms with van der Waals surface area (Å²) in [5.41, 5.74) is 3.74. The van der Waals surface area contributed by atoms with Gasteiger partial charge in [0.1, 0.15) is 0 Å². The Kier molecular flexibility index (Phi) is 5.74. The Morgan fingerprint density at radius 3 is 1.56 bits per heavy atom. The van der Waals surface area contributed by atoms with E-state index in [1.54, 1.807) is 11.3 Å². The maximum atomic E-state index is 8.22. The van der Waals surface area contributed by atoms with Crippen molar-refractivity contribution in [2.75, 3.05) is 0 Å². The average Bonchev–Trinajstić information content (AvgIpc) is 3.41. The van der Waals surface area contributed by atoms with E-state index in [4.69, 9.17) is 11.2 Å². The molecular formula is C29H24ClPS. The van der Waals surface area contributed by atoms with Crippen LogP contribution in [0.25, 0.3) is 11.1 Å². The molecule has 0 atom stereocenters. The Morgan fingerprint density at radius 1 is 0.562 bits per heavy atom. The van der Waals surface area contributed by atoms with Gasteiger partial charge in [-0.25, -0.2) is 0 Å². The molecule has 5 rings (SSSR count). The van der Waals surface area contributed by atoms with Crippen molar-refractivity contribution in [2.45, 2.75) is 6.16 Å². The normalized spacial score (nSPS) is 12.7. The van der Waals surface area contributed by atoms with Gasteiger partial charge in [-0.3, -0.25) is 0 Å². The standard InChI is InChI=1S/C29H24ClPS/c30-31(27-13-4-1-5-14-27,28-15-6-2-7-16-28,29-17-8-3-9-18-29)22-24-11-10-12-25(21-24)26-19-20-32-23-26/h1-21,23H,22H2. The molecule has 0 radical (unpaired) electrons. The molecule has 0 spiro atoms. The molecule has 0 amide bonds. The molecule has 4 aromatic carbocycles. The first-order valence-corrected chi connectivity index (χ1v) is 15.0. The molecule has 0 bridgehead atoms. The summed E-state index contributed by atoms with van der Waals surface area (Å²) < 4.78 is 0. The summed E-state index contributed by atoms with van der Waals surface area (Å²) in [6.07, 6.45) is 0.753. The molecule has 0 saturated heterocycles. The van der Waals surface area contributed by atoms with Crippen molar-refractivity contribution in [3.8, 4) is 11.1 Å². The van der Waals surface area contributed by atoms with Crippen LogP contribution in [0.3, 0.4) is 0 Å². The first-order valence-electron chi connectivity index (χ1n) is 10.7. The fraction of sp³-hybridized carbons (Fsp3) is 0.0345. The van der Waals surface area contributed by atoms with Gasteiger partial charge in [-0.2, -0.15) is 0 Å². The zero-order valence-electron chi connectivity index (χ0n) is 17.6. The fourth-order valence-corrected chi connectivity index (χ4v) is 11.4. The van der Waals surface area contributed by atoms with Crippen molar-refractivity contribution in [3.05, 3.63) is 138 Å². The summed E-state index contributed by atoms with van der Waals surface area (Å²) in [5, 5.41) is 7.91. The van der Waals surface area contributed by atoms with Crippen LogP contribution in [0, 0.1) is 0 Å². The zero-order valence-corrected chi connectivity index (χ0v) is 20.1. The van der Waals surface area contributed by atoms with Gasteiger partial charge in [0, 0.05) is 0 Å². The maximum absolute atomic E-state index is 8.22. The summed E-state index contributed by atoms with van der Waals surface area (Å²) in [6.45, 7) is 0. The molecule has 0 aliphatic rings. The molecule has 3 heteroatoms. The van der Waals surface area contributed by atoms with E-state index in [0.29, 0.717) is 0 Å². The minimum absolute atomic E-state index is 0.753. The van der Waals surface area contributed by atoms with Crippen LogP contribution in [0.5, 0.6) is 0 Å². The third-order valence-electron chi connectivity index (χ3n) is 6.14. The number of rotatable bonds is 6. The van der Waals surface area contributed by atoms with E-state index in [9.17, 15) is 0 Å². The van der Waals surface area contributed by atoms with Crippen molar-refractivity contribution in [1.82, 2.24) is 0 Å². The van der Waals surface area contributed by atoms with Gasteiger partial charge in [-0.05, 0) is 0 Å². The molecule has 1 heterocycles. The van der Waals surface area contributed by atoms with Crippen LogP contribution in [0.2, 0.25) is 0 Å². The Morgan fingerprint density at radius 2 is 1.09 bits per heavy atom. The second-order valence-corrected chi connectivity index (χ2v) is 15.3.